The lowest BCUT2D eigenvalue weighted by Crippen LogP contribution is -2.49. The fourth-order valence-electron chi connectivity index (χ4n) is 2.30. The maximum atomic E-state index is 12.5. The van der Waals surface area contributed by atoms with E-state index in [0.717, 1.165) is 6.54 Å². The summed E-state index contributed by atoms with van der Waals surface area (Å²) in [7, 11) is 3.27. The second kappa shape index (κ2) is 5.71. The van der Waals surface area contributed by atoms with Crippen molar-refractivity contribution in [2.45, 2.75) is 26.0 Å². The summed E-state index contributed by atoms with van der Waals surface area (Å²) in [5.74, 6) is 0.431. The molecule has 19 heavy (non-hydrogen) atoms. The molecular weight excluding hydrogens is 246 g/mol. The highest BCUT2D eigenvalue weighted by molar-refractivity contribution is 6.00. The molecule has 0 bridgehead atoms. The van der Waals surface area contributed by atoms with Gasteiger partial charge in [0.1, 0.15) is 11.8 Å². The zero-order chi connectivity index (χ0) is 14.0. The van der Waals surface area contributed by atoms with Crippen LogP contribution in [0.5, 0.6) is 5.75 Å². The number of hydrogen-bond donors (Lipinski definition) is 0. The minimum atomic E-state index is -0.444. The molecule has 1 fully saturated rings. The minimum Gasteiger partial charge on any atom is -0.493 e. The molecule has 1 aliphatic rings. The number of carbonyl (C=O) groups excluding carboxylic acids is 1. The van der Waals surface area contributed by atoms with Gasteiger partial charge in [-0.15, -0.1) is 0 Å². The Labute approximate surface area is 113 Å². The first-order chi connectivity index (χ1) is 9.04. The third kappa shape index (κ3) is 2.79. The van der Waals surface area contributed by atoms with Crippen molar-refractivity contribution in [3.63, 3.8) is 0 Å². The standard InChI is InChI=1S/C13H21N3O3/c1-9(2)16-5-6-19-11(8-16)13(17)12-10(18-4)7-14-15(12)3/h7,9,11H,5-6,8H2,1-4H3. The molecule has 2 rings (SSSR count). The topological polar surface area (TPSA) is 56.6 Å². The first-order valence-corrected chi connectivity index (χ1v) is 6.50. The van der Waals surface area contributed by atoms with Crippen molar-refractivity contribution in [2.24, 2.45) is 7.05 Å². The number of rotatable bonds is 4. The highest BCUT2D eigenvalue weighted by Crippen LogP contribution is 2.21. The zero-order valence-electron chi connectivity index (χ0n) is 11.9. The van der Waals surface area contributed by atoms with Gasteiger partial charge in [0.15, 0.2) is 5.75 Å². The number of methoxy groups -OCH3 is 1. The average molecular weight is 267 g/mol. The van der Waals surface area contributed by atoms with Crippen LogP contribution in [-0.4, -0.2) is 59.4 Å². The van der Waals surface area contributed by atoms with E-state index < -0.39 is 6.10 Å². The number of nitrogens with zero attached hydrogens (tertiary/aromatic N) is 3. The van der Waals surface area contributed by atoms with E-state index in [1.807, 2.05) is 0 Å². The van der Waals surface area contributed by atoms with Crippen LogP contribution in [0.2, 0.25) is 0 Å². The lowest BCUT2D eigenvalue weighted by molar-refractivity contribution is -0.0261. The fourth-order valence-corrected chi connectivity index (χ4v) is 2.30. The molecule has 0 aromatic carbocycles. The summed E-state index contributed by atoms with van der Waals surface area (Å²) in [6.45, 7) is 6.30. The van der Waals surface area contributed by atoms with Gasteiger partial charge in [0, 0.05) is 26.2 Å². The number of aryl methyl sites for hydroxylation is 1. The van der Waals surface area contributed by atoms with Gasteiger partial charge < -0.3 is 9.47 Å². The first kappa shape index (κ1) is 14.0. The Bertz CT molecular complexity index is 456. The van der Waals surface area contributed by atoms with Crippen LogP contribution in [0, 0.1) is 0 Å². The number of morpholine rings is 1. The van der Waals surface area contributed by atoms with Gasteiger partial charge in [-0.1, -0.05) is 0 Å². The maximum absolute atomic E-state index is 12.5. The summed E-state index contributed by atoms with van der Waals surface area (Å²) in [5.41, 5.74) is 0.470. The molecule has 6 nitrogen and oxygen atoms in total. The molecule has 1 saturated heterocycles. The van der Waals surface area contributed by atoms with Crippen molar-refractivity contribution < 1.29 is 14.3 Å². The lowest BCUT2D eigenvalue weighted by atomic mass is 10.1. The van der Waals surface area contributed by atoms with Gasteiger partial charge in [-0.3, -0.25) is 14.4 Å². The molecule has 1 aromatic rings. The molecule has 0 radical (unpaired) electrons. The molecule has 0 amide bonds. The smallest absolute Gasteiger partial charge is 0.214 e. The van der Waals surface area contributed by atoms with E-state index in [9.17, 15) is 4.79 Å². The third-order valence-corrected chi connectivity index (χ3v) is 3.48. The van der Waals surface area contributed by atoms with Crippen LogP contribution in [0.25, 0.3) is 0 Å². The number of Topliss-reactive ketones (excluding diaryl/α,β-unsaturated/α-hetero) is 1. The molecule has 0 spiro atoms. The first-order valence-electron chi connectivity index (χ1n) is 6.50. The maximum Gasteiger partial charge on any atom is 0.214 e. The molecule has 106 valence electrons. The number of aromatic nitrogens is 2. The highest BCUT2D eigenvalue weighted by Gasteiger charge is 2.32. The van der Waals surface area contributed by atoms with Crippen molar-refractivity contribution in [1.82, 2.24) is 14.7 Å². The number of hydrogen-bond acceptors (Lipinski definition) is 5. The van der Waals surface area contributed by atoms with Gasteiger partial charge in [-0.25, -0.2) is 0 Å². The van der Waals surface area contributed by atoms with Gasteiger partial charge in [-0.05, 0) is 13.8 Å². The molecular formula is C13H21N3O3. The van der Waals surface area contributed by atoms with Crippen molar-refractivity contribution >= 4 is 5.78 Å². The summed E-state index contributed by atoms with van der Waals surface area (Å²) >= 11 is 0. The van der Waals surface area contributed by atoms with Crippen LogP contribution in [0.1, 0.15) is 24.3 Å². The number of ketones is 1. The Kier molecular flexibility index (Phi) is 4.21. The van der Waals surface area contributed by atoms with Crippen LogP contribution in [-0.2, 0) is 11.8 Å². The van der Waals surface area contributed by atoms with Crippen molar-refractivity contribution in [3.8, 4) is 5.75 Å². The van der Waals surface area contributed by atoms with E-state index in [-0.39, 0.29) is 5.78 Å². The molecule has 0 aliphatic carbocycles. The van der Waals surface area contributed by atoms with E-state index in [4.69, 9.17) is 9.47 Å². The highest BCUT2D eigenvalue weighted by atomic mass is 16.5. The Balaban J connectivity index is 2.17. The normalized spacial score (nSPS) is 20.8. The van der Waals surface area contributed by atoms with E-state index >= 15 is 0 Å². The Morgan fingerprint density at radius 3 is 2.95 bits per heavy atom. The second-order valence-electron chi connectivity index (χ2n) is 5.00. The van der Waals surface area contributed by atoms with Crippen LogP contribution in [0.15, 0.2) is 6.20 Å². The minimum absolute atomic E-state index is 0.0674. The zero-order valence-corrected chi connectivity index (χ0v) is 11.9. The van der Waals surface area contributed by atoms with Gasteiger partial charge in [0.05, 0.1) is 19.9 Å². The van der Waals surface area contributed by atoms with Crippen molar-refractivity contribution in [1.29, 1.82) is 0 Å². The summed E-state index contributed by atoms with van der Waals surface area (Å²) in [4.78, 5) is 14.8. The molecule has 6 heteroatoms. The van der Waals surface area contributed by atoms with Crippen LogP contribution in [0.3, 0.4) is 0 Å². The molecule has 1 unspecified atom stereocenters. The SMILES string of the molecule is COc1cnn(C)c1C(=O)C1CN(C(C)C)CCO1. The van der Waals surface area contributed by atoms with Gasteiger partial charge in [0.2, 0.25) is 5.78 Å². The molecule has 1 aliphatic heterocycles. The summed E-state index contributed by atoms with van der Waals surface area (Å²) < 4.78 is 12.3. The quantitative estimate of drug-likeness (QED) is 0.752. The molecule has 1 atom stereocenters. The Hall–Kier alpha value is -1.40. The van der Waals surface area contributed by atoms with Crippen molar-refractivity contribution in [3.05, 3.63) is 11.9 Å². The summed E-state index contributed by atoms with van der Waals surface area (Å²) in [6.07, 6.45) is 1.11. The van der Waals surface area contributed by atoms with Gasteiger partial charge in [0.25, 0.3) is 0 Å². The third-order valence-electron chi connectivity index (χ3n) is 3.48. The number of ether oxygens (including phenoxy) is 2. The monoisotopic (exact) mass is 267 g/mol. The lowest BCUT2D eigenvalue weighted by Gasteiger charge is -2.34. The molecule has 1 aromatic heterocycles. The van der Waals surface area contributed by atoms with Crippen LogP contribution >= 0.6 is 0 Å². The summed E-state index contributed by atoms with van der Waals surface area (Å²) in [5, 5.41) is 4.06. The fraction of sp³-hybridized carbons (Fsp3) is 0.692. The molecule has 0 saturated carbocycles. The van der Waals surface area contributed by atoms with Gasteiger partial charge >= 0.3 is 0 Å². The van der Waals surface area contributed by atoms with Crippen molar-refractivity contribution in [2.75, 3.05) is 26.8 Å². The predicted octanol–water partition coefficient (Wildman–Crippen LogP) is 0.721. The molecule has 2 heterocycles. The van der Waals surface area contributed by atoms with Crippen LogP contribution < -0.4 is 4.74 Å². The largest absolute Gasteiger partial charge is 0.493 e. The predicted molar refractivity (Wildman–Crippen MR) is 70.5 cm³/mol. The Morgan fingerprint density at radius 1 is 1.58 bits per heavy atom. The Morgan fingerprint density at radius 2 is 2.32 bits per heavy atom. The van der Waals surface area contributed by atoms with E-state index in [2.05, 4.69) is 23.8 Å². The van der Waals surface area contributed by atoms with E-state index in [0.29, 0.717) is 30.6 Å². The summed E-state index contributed by atoms with van der Waals surface area (Å²) in [6, 6.07) is 0.410. The van der Waals surface area contributed by atoms with Gasteiger partial charge in [-0.2, -0.15) is 5.10 Å². The molecule has 0 N–H and O–H groups in total. The van der Waals surface area contributed by atoms with E-state index in [1.54, 1.807) is 17.9 Å². The van der Waals surface area contributed by atoms with Crippen LogP contribution in [0.4, 0.5) is 0 Å². The number of carbonyl (C=O) groups is 1. The second-order valence-corrected chi connectivity index (χ2v) is 5.00. The average Bonchev–Trinajstić information content (AvgIpc) is 2.79. The van der Waals surface area contributed by atoms with E-state index in [1.165, 1.54) is 7.11 Å².